The normalized spacial score (nSPS) is 14.0. The fraction of sp³-hybridized carbons (Fsp3) is 0. The van der Waals surface area contributed by atoms with Crippen molar-refractivity contribution in [2.45, 2.75) is 0 Å². The summed E-state index contributed by atoms with van der Waals surface area (Å²) in [5.74, 6) is 0. The molecule has 0 unspecified atom stereocenters. The van der Waals surface area contributed by atoms with Gasteiger partial charge in [-0.3, -0.25) is 0 Å². The zero-order valence-corrected chi connectivity index (χ0v) is 26.1. The Morgan fingerprint density at radius 1 is 0.347 bits per heavy atom. The molecule has 0 N–H and O–H groups in total. The largest absolute Gasteiger partial charge is 0.455 e. The maximum Gasteiger partial charge on any atom is 0.143 e. The second kappa shape index (κ2) is 11.1. The zero-order chi connectivity index (χ0) is 39.3. The molecule has 49 heavy (non-hydrogen) atoms. The van der Waals surface area contributed by atoms with Gasteiger partial charge >= 0.3 is 0 Å². The first-order valence-corrected chi connectivity index (χ1v) is 16.2. The first-order valence-electron chi connectivity index (χ1n) is 20.2. The molecule has 1 heterocycles. The number of rotatable bonds is 4. The highest BCUT2D eigenvalue weighted by Crippen LogP contribution is 2.46. The van der Waals surface area contributed by atoms with Crippen molar-refractivity contribution in [2.24, 2.45) is 0 Å². The Kier molecular flexibility index (Phi) is 4.69. The van der Waals surface area contributed by atoms with Gasteiger partial charge < -0.3 is 4.42 Å². The Morgan fingerprint density at radius 2 is 0.816 bits per heavy atom. The lowest BCUT2D eigenvalue weighted by molar-refractivity contribution is 0.671. The van der Waals surface area contributed by atoms with Crippen molar-refractivity contribution < 1.29 is 15.4 Å². The summed E-state index contributed by atoms with van der Waals surface area (Å²) in [6.07, 6.45) is 0. The molecular formula is C48H30O. The molecule has 1 aromatic heterocycles. The lowest BCUT2D eigenvalue weighted by atomic mass is 9.84. The minimum atomic E-state index is -0.435. The van der Waals surface area contributed by atoms with E-state index in [1.807, 2.05) is 121 Å². The van der Waals surface area contributed by atoms with Gasteiger partial charge in [0.25, 0.3) is 0 Å². The van der Waals surface area contributed by atoms with Crippen LogP contribution in [0, 0.1) is 0 Å². The standard InChI is InChI=1S/C48H30O/c1-2-14-32(15-3-1)36-25-12-28-43-44-29-13-26-37(48(44)49-47(36)43)33-18-10-19-34(30-33)45-39-21-6-8-23-41(39)46(42-24-9-7-22-40(42)45)38-27-11-17-31-16-4-5-20-35(31)38/h1-30H/i6D,7D,8D,9D,21D,22D,23D,24D. The van der Waals surface area contributed by atoms with Crippen LogP contribution in [0.5, 0.6) is 0 Å². The van der Waals surface area contributed by atoms with Crippen molar-refractivity contribution in [1.29, 1.82) is 0 Å². The topological polar surface area (TPSA) is 13.1 Å². The summed E-state index contributed by atoms with van der Waals surface area (Å²) in [4.78, 5) is 0. The molecule has 0 atom stereocenters. The molecule has 0 aliphatic carbocycles. The third-order valence-electron chi connectivity index (χ3n) is 9.51. The molecule has 228 valence electrons. The second-order valence-electron chi connectivity index (χ2n) is 12.2. The maximum atomic E-state index is 9.41. The van der Waals surface area contributed by atoms with E-state index in [1.165, 1.54) is 0 Å². The van der Waals surface area contributed by atoms with E-state index in [9.17, 15) is 5.48 Å². The van der Waals surface area contributed by atoms with Gasteiger partial charge in [0.15, 0.2) is 0 Å². The highest BCUT2D eigenvalue weighted by molar-refractivity contribution is 6.23. The van der Waals surface area contributed by atoms with Gasteiger partial charge in [-0.05, 0) is 71.8 Å². The van der Waals surface area contributed by atoms with Crippen LogP contribution in [-0.2, 0) is 0 Å². The van der Waals surface area contributed by atoms with Crippen molar-refractivity contribution in [3.63, 3.8) is 0 Å². The molecule has 9 aromatic carbocycles. The van der Waals surface area contributed by atoms with Crippen LogP contribution < -0.4 is 0 Å². The third kappa shape index (κ3) is 4.33. The third-order valence-corrected chi connectivity index (χ3v) is 9.51. The molecule has 0 saturated carbocycles. The van der Waals surface area contributed by atoms with Crippen molar-refractivity contribution >= 4 is 54.3 Å². The smallest absolute Gasteiger partial charge is 0.143 e. The van der Waals surface area contributed by atoms with E-state index >= 15 is 0 Å². The summed E-state index contributed by atoms with van der Waals surface area (Å²) in [6.45, 7) is 0. The molecule has 1 nitrogen and oxygen atoms in total. The van der Waals surface area contributed by atoms with E-state index in [0.29, 0.717) is 27.8 Å². The van der Waals surface area contributed by atoms with Crippen LogP contribution in [0.25, 0.3) is 98.8 Å². The van der Waals surface area contributed by atoms with Crippen LogP contribution in [0.15, 0.2) is 186 Å². The highest BCUT2D eigenvalue weighted by Gasteiger charge is 2.19. The molecule has 0 fully saturated rings. The fourth-order valence-corrected chi connectivity index (χ4v) is 7.36. The Labute approximate surface area is 295 Å². The predicted molar refractivity (Wildman–Crippen MR) is 208 cm³/mol. The van der Waals surface area contributed by atoms with Gasteiger partial charge in [0, 0.05) is 21.9 Å². The maximum absolute atomic E-state index is 9.41. The molecule has 0 bridgehead atoms. The summed E-state index contributed by atoms with van der Waals surface area (Å²) in [7, 11) is 0. The lowest BCUT2D eigenvalue weighted by Gasteiger charge is -2.19. The zero-order valence-electron chi connectivity index (χ0n) is 34.1. The van der Waals surface area contributed by atoms with Crippen LogP contribution in [0.4, 0.5) is 0 Å². The molecule has 0 aliphatic heterocycles. The van der Waals surface area contributed by atoms with Gasteiger partial charge in [-0.1, -0.05) is 176 Å². The van der Waals surface area contributed by atoms with Crippen molar-refractivity contribution in [3.8, 4) is 44.5 Å². The molecule has 0 saturated heterocycles. The highest BCUT2D eigenvalue weighted by atomic mass is 16.3. The first kappa shape index (κ1) is 20.7. The minimum absolute atomic E-state index is 0.174. The van der Waals surface area contributed by atoms with Crippen LogP contribution in [-0.4, -0.2) is 0 Å². The Hall–Kier alpha value is -6.44. The summed E-state index contributed by atoms with van der Waals surface area (Å²) in [5.41, 5.74) is 6.76. The average molecular weight is 631 g/mol. The first-order chi connectivity index (χ1) is 27.7. The SMILES string of the molecule is [2H]c1c([2H])c([2H])c2c(-c3cccc4ccccc34)c3c([2H])c([2H])c([2H])c([2H])c3c(-c3cccc(-c4cccc5c4oc4c(-c6ccccc6)cccc45)c3)c2c1[2H]. The average Bonchev–Trinajstić information content (AvgIpc) is 3.64. The summed E-state index contributed by atoms with van der Waals surface area (Å²) >= 11 is 0. The Balaban J connectivity index is 1.33. The van der Waals surface area contributed by atoms with Crippen molar-refractivity contribution in [1.82, 2.24) is 0 Å². The summed E-state index contributed by atoms with van der Waals surface area (Å²) in [5, 5.41) is 4.28. The summed E-state index contributed by atoms with van der Waals surface area (Å²) in [6, 6.07) is 40.1. The van der Waals surface area contributed by atoms with Crippen LogP contribution in [0.3, 0.4) is 0 Å². The number of benzene rings is 9. The van der Waals surface area contributed by atoms with Gasteiger partial charge in [-0.2, -0.15) is 0 Å². The van der Waals surface area contributed by atoms with Gasteiger partial charge in [0.1, 0.15) is 11.2 Å². The molecule has 10 aromatic rings. The quantitative estimate of drug-likeness (QED) is 0.176. The number of fused-ring (bicyclic) bond motifs is 6. The fourth-order valence-electron chi connectivity index (χ4n) is 7.36. The van der Waals surface area contributed by atoms with Crippen LogP contribution in [0.1, 0.15) is 11.0 Å². The van der Waals surface area contributed by atoms with Crippen LogP contribution >= 0.6 is 0 Å². The van der Waals surface area contributed by atoms with E-state index in [2.05, 4.69) is 12.1 Å². The molecule has 0 aliphatic rings. The Morgan fingerprint density at radius 3 is 1.51 bits per heavy atom. The van der Waals surface area contributed by atoms with E-state index in [1.54, 1.807) is 0 Å². The number of hydrogen-bond acceptors (Lipinski definition) is 1. The molecule has 0 spiro atoms. The van der Waals surface area contributed by atoms with Crippen molar-refractivity contribution in [2.75, 3.05) is 0 Å². The molecule has 0 amide bonds. The van der Waals surface area contributed by atoms with Gasteiger partial charge in [-0.25, -0.2) is 0 Å². The number of hydrogen-bond donors (Lipinski definition) is 0. The lowest BCUT2D eigenvalue weighted by Crippen LogP contribution is -1.92. The van der Waals surface area contributed by atoms with Gasteiger partial charge in [0.2, 0.25) is 0 Å². The van der Waals surface area contributed by atoms with Crippen LogP contribution in [0.2, 0.25) is 0 Å². The molecular weight excluding hydrogens is 593 g/mol. The number of furan rings is 1. The summed E-state index contributed by atoms with van der Waals surface area (Å²) < 4.78 is 79.7. The van der Waals surface area contributed by atoms with Gasteiger partial charge in [0.05, 0.1) is 11.0 Å². The van der Waals surface area contributed by atoms with E-state index in [0.717, 1.165) is 49.4 Å². The van der Waals surface area contributed by atoms with E-state index in [4.69, 9.17) is 9.90 Å². The van der Waals surface area contributed by atoms with Crippen molar-refractivity contribution in [3.05, 3.63) is 182 Å². The number of para-hydroxylation sites is 2. The van der Waals surface area contributed by atoms with Gasteiger partial charge in [-0.15, -0.1) is 0 Å². The Bertz CT molecular complexity index is 3250. The second-order valence-corrected chi connectivity index (χ2v) is 12.2. The van der Waals surface area contributed by atoms with E-state index < -0.39 is 24.2 Å². The van der Waals surface area contributed by atoms with E-state index in [-0.39, 0.29) is 45.7 Å². The molecule has 1 heteroatoms. The molecule has 10 rings (SSSR count). The monoisotopic (exact) mass is 630 g/mol. The predicted octanol–water partition coefficient (Wildman–Crippen LogP) is 13.7. The molecule has 0 radical (unpaired) electrons. The minimum Gasteiger partial charge on any atom is -0.455 e.